The summed E-state index contributed by atoms with van der Waals surface area (Å²) in [6.45, 7) is 10.5. The average Bonchev–Trinajstić information content (AvgIpc) is 2.64. The van der Waals surface area contributed by atoms with Crippen LogP contribution in [-0.2, 0) is 4.79 Å². The molecule has 2 saturated heterocycles. The molecule has 2 aliphatic heterocycles. The first kappa shape index (κ1) is 14.6. The topological polar surface area (TPSA) is 23.6 Å². The standard InChI is InChI=1S/C16H28N2O/c1-5-6-13(4)16(19)17-10-9-14-7-8-15(11-17)18(14)12(2)3/h6,12,14-15H,5,7-11H2,1-4H3/b13-6-. The minimum atomic E-state index is 0.248. The lowest BCUT2D eigenvalue weighted by Gasteiger charge is -2.32. The lowest BCUT2D eigenvalue weighted by molar-refractivity contribution is -0.127. The van der Waals surface area contributed by atoms with Crippen LogP contribution < -0.4 is 0 Å². The molecule has 0 N–H and O–H groups in total. The van der Waals surface area contributed by atoms with Gasteiger partial charge in [0.25, 0.3) is 0 Å². The summed E-state index contributed by atoms with van der Waals surface area (Å²) in [6, 6.07) is 1.86. The fourth-order valence-electron chi connectivity index (χ4n) is 3.78. The van der Waals surface area contributed by atoms with Crippen molar-refractivity contribution in [3.8, 4) is 0 Å². The van der Waals surface area contributed by atoms with Gasteiger partial charge in [0.05, 0.1) is 0 Å². The molecule has 3 heteroatoms. The summed E-state index contributed by atoms with van der Waals surface area (Å²) in [4.78, 5) is 17.2. The Morgan fingerprint density at radius 1 is 1.26 bits per heavy atom. The molecule has 0 spiro atoms. The molecular formula is C16H28N2O. The van der Waals surface area contributed by atoms with Crippen LogP contribution in [-0.4, -0.2) is 46.9 Å². The highest BCUT2D eigenvalue weighted by Gasteiger charge is 2.39. The van der Waals surface area contributed by atoms with Crippen LogP contribution in [0.4, 0.5) is 0 Å². The van der Waals surface area contributed by atoms with Gasteiger partial charge in [-0.1, -0.05) is 13.0 Å². The number of hydrogen-bond donors (Lipinski definition) is 0. The van der Waals surface area contributed by atoms with Crippen LogP contribution in [0.5, 0.6) is 0 Å². The summed E-state index contributed by atoms with van der Waals surface area (Å²) in [5.74, 6) is 0.248. The first-order valence-corrected chi connectivity index (χ1v) is 7.78. The predicted octanol–water partition coefficient (Wildman–Crippen LogP) is 2.82. The second-order valence-corrected chi connectivity index (χ2v) is 6.26. The van der Waals surface area contributed by atoms with Crippen LogP contribution in [0.1, 0.15) is 53.4 Å². The number of hydrogen-bond acceptors (Lipinski definition) is 2. The second kappa shape index (κ2) is 6.08. The summed E-state index contributed by atoms with van der Waals surface area (Å²) >= 11 is 0. The molecule has 2 rings (SSSR count). The van der Waals surface area contributed by atoms with E-state index in [4.69, 9.17) is 0 Å². The highest BCUT2D eigenvalue weighted by atomic mass is 16.2. The molecule has 0 aromatic carbocycles. The van der Waals surface area contributed by atoms with E-state index in [0.717, 1.165) is 31.5 Å². The quantitative estimate of drug-likeness (QED) is 0.732. The third-order valence-electron chi connectivity index (χ3n) is 4.57. The zero-order valence-electron chi connectivity index (χ0n) is 12.9. The van der Waals surface area contributed by atoms with Crippen molar-refractivity contribution in [1.29, 1.82) is 0 Å². The Balaban J connectivity index is 2.08. The molecule has 2 aliphatic rings. The number of nitrogens with zero attached hydrogens (tertiary/aromatic N) is 2. The van der Waals surface area contributed by atoms with E-state index in [-0.39, 0.29) is 5.91 Å². The normalized spacial score (nSPS) is 28.9. The second-order valence-electron chi connectivity index (χ2n) is 6.26. The van der Waals surface area contributed by atoms with Gasteiger partial charge in [-0.25, -0.2) is 0 Å². The largest absolute Gasteiger partial charge is 0.337 e. The number of amides is 1. The fraction of sp³-hybridized carbons (Fsp3) is 0.812. The Labute approximate surface area is 117 Å². The molecule has 108 valence electrons. The minimum absolute atomic E-state index is 0.248. The Bertz CT molecular complexity index is 362. The van der Waals surface area contributed by atoms with Crippen LogP contribution >= 0.6 is 0 Å². The van der Waals surface area contributed by atoms with Crippen LogP contribution in [0, 0.1) is 0 Å². The van der Waals surface area contributed by atoms with Gasteiger partial charge in [0.15, 0.2) is 0 Å². The Kier molecular flexibility index (Phi) is 4.67. The maximum Gasteiger partial charge on any atom is 0.249 e. The van der Waals surface area contributed by atoms with Gasteiger partial charge < -0.3 is 4.90 Å². The molecule has 2 fully saturated rings. The summed E-state index contributed by atoms with van der Waals surface area (Å²) in [6.07, 6.45) is 6.69. The van der Waals surface area contributed by atoms with Gasteiger partial charge in [-0.05, 0) is 46.5 Å². The lowest BCUT2D eigenvalue weighted by atomic mass is 10.1. The third kappa shape index (κ3) is 3.02. The number of fused-ring (bicyclic) bond motifs is 2. The third-order valence-corrected chi connectivity index (χ3v) is 4.57. The number of rotatable bonds is 3. The molecule has 2 unspecified atom stereocenters. The molecule has 0 aromatic heterocycles. The van der Waals surface area contributed by atoms with Gasteiger partial charge in [-0.3, -0.25) is 9.69 Å². The zero-order chi connectivity index (χ0) is 14.0. The molecule has 3 nitrogen and oxygen atoms in total. The molecule has 0 saturated carbocycles. The van der Waals surface area contributed by atoms with Crippen LogP contribution in [0.25, 0.3) is 0 Å². The van der Waals surface area contributed by atoms with Gasteiger partial charge in [-0.2, -0.15) is 0 Å². The van der Waals surface area contributed by atoms with Crippen LogP contribution in [0.3, 0.4) is 0 Å². The van der Waals surface area contributed by atoms with Crippen molar-refractivity contribution >= 4 is 5.91 Å². The fourth-order valence-corrected chi connectivity index (χ4v) is 3.78. The Hall–Kier alpha value is -0.830. The predicted molar refractivity (Wildman–Crippen MR) is 79.0 cm³/mol. The number of likely N-dealkylation sites (tertiary alicyclic amines) is 1. The number of allylic oxidation sites excluding steroid dienone is 1. The number of carbonyl (C=O) groups excluding carboxylic acids is 1. The van der Waals surface area contributed by atoms with E-state index in [0.29, 0.717) is 18.1 Å². The molecule has 0 radical (unpaired) electrons. The maximum absolute atomic E-state index is 12.4. The minimum Gasteiger partial charge on any atom is -0.337 e. The number of carbonyl (C=O) groups is 1. The molecule has 1 amide bonds. The van der Waals surface area contributed by atoms with E-state index in [2.05, 4.69) is 30.6 Å². The van der Waals surface area contributed by atoms with E-state index in [1.54, 1.807) is 0 Å². The van der Waals surface area contributed by atoms with Crippen molar-refractivity contribution in [2.24, 2.45) is 0 Å². The van der Waals surface area contributed by atoms with Crippen molar-refractivity contribution in [2.45, 2.75) is 71.5 Å². The smallest absolute Gasteiger partial charge is 0.249 e. The van der Waals surface area contributed by atoms with Crippen LogP contribution in [0.2, 0.25) is 0 Å². The van der Waals surface area contributed by atoms with Gasteiger partial charge in [0.2, 0.25) is 5.91 Å². The maximum atomic E-state index is 12.4. The molecule has 2 atom stereocenters. The van der Waals surface area contributed by atoms with Crippen molar-refractivity contribution in [3.05, 3.63) is 11.6 Å². The zero-order valence-corrected chi connectivity index (χ0v) is 12.9. The highest BCUT2D eigenvalue weighted by molar-refractivity contribution is 5.92. The molecular weight excluding hydrogens is 236 g/mol. The van der Waals surface area contributed by atoms with Crippen molar-refractivity contribution in [1.82, 2.24) is 9.80 Å². The van der Waals surface area contributed by atoms with Gasteiger partial charge in [0, 0.05) is 36.8 Å². The molecule has 2 bridgehead atoms. The van der Waals surface area contributed by atoms with Crippen molar-refractivity contribution in [2.75, 3.05) is 13.1 Å². The van der Waals surface area contributed by atoms with E-state index in [1.165, 1.54) is 12.8 Å². The SMILES string of the molecule is CC/C=C(/C)C(=O)N1CCC2CCC(C1)N2C(C)C. The van der Waals surface area contributed by atoms with E-state index >= 15 is 0 Å². The monoisotopic (exact) mass is 264 g/mol. The van der Waals surface area contributed by atoms with Gasteiger partial charge in [0.1, 0.15) is 0 Å². The Morgan fingerprint density at radius 2 is 1.95 bits per heavy atom. The van der Waals surface area contributed by atoms with Gasteiger partial charge in [-0.15, -0.1) is 0 Å². The van der Waals surface area contributed by atoms with Crippen molar-refractivity contribution in [3.63, 3.8) is 0 Å². The molecule has 0 aliphatic carbocycles. The first-order valence-electron chi connectivity index (χ1n) is 7.78. The highest BCUT2D eigenvalue weighted by Crippen LogP contribution is 2.32. The van der Waals surface area contributed by atoms with E-state index < -0.39 is 0 Å². The van der Waals surface area contributed by atoms with E-state index in [1.807, 2.05) is 13.0 Å². The Morgan fingerprint density at radius 3 is 2.58 bits per heavy atom. The summed E-state index contributed by atoms with van der Waals surface area (Å²) < 4.78 is 0. The molecule has 0 aromatic rings. The van der Waals surface area contributed by atoms with Crippen molar-refractivity contribution < 1.29 is 4.79 Å². The molecule has 19 heavy (non-hydrogen) atoms. The van der Waals surface area contributed by atoms with Gasteiger partial charge >= 0.3 is 0 Å². The summed E-state index contributed by atoms with van der Waals surface area (Å²) in [5, 5.41) is 0. The van der Waals surface area contributed by atoms with E-state index in [9.17, 15) is 4.79 Å². The first-order chi connectivity index (χ1) is 9.04. The summed E-state index contributed by atoms with van der Waals surface area (Å²) in [7, 11) is 0. The lowest BCUT2D eigenvalue weighted by Crippen LogP contribution is -2.44. The average molecular weight is 264 g/mol. The van der Waals surface area contributed by atoms with Crippen LogP contribution in [0.15, 0.2) is 11.6 Å². The molecule has 2 heterocycles. The summed E-state index contributed by atoms with van der Waals surface area (Å²) in [5.41, 5.74) is 0.913.